The Morgan fingerprint density at radius 1 is 0.355 bits per heavy atom. The molecule has 0 bridgehead atoms. The summed E-state index contributed by atoms with van der Waals surface area (Å²) in [6, 6.07) is 0. The molecule has 0 N–H and O–H groups in total. The summed E-state index contributed by atoms with van der Waals surface area (Å²) in [5.41, 5.74) is 0. The maximum absolute atomic E-state index is 12.8. The standard InChI is InChI=1S/C56H94O6/c1-4-7-10-13-16-19-22-25-28-31-34-37-40-43-46-49-55(58)61-52-53(51-60-54(57)48-45-42-39-36-33-30-27-24-21-18-15-12-9-6-3)62-56(59)50-47-44-41-38-35-32-29-26-23-20-17-14-11-8-5-2/h7,10,16-17,19-20,25-26,28-29,34,37,43,46,53H,4-6,8-9,11-15,18,21-24,27,30-33,35-36,38-42,44-45,47-52H2,1-3H3/b10-7-,19-16-,20-17-,28-25-,29-26-,37-34-,46-43-. The Labute approximate surface area is 382 Å². The lowest BCUT2D eigenvalue weighted by atomic mass is 10.0. The molecule has 0 aromatic heterocycles. The second-order valence-electron chi connectivity index (χ2n) is 16.7. The maximum atomic E-state index is 12.8. The first-order chi connectivity index (χ1) is 30.5. The van der Waals surface area contributed by atoms with Gasteiger partial charge in [-0.05, 0) is 77.0 Å². The van der Waals surface area contributed by atoms with E-state index in [0.717, 1.165) is 96.3 Å². The molecule has 0 heterocycles. The topological polar surface area (TPSA) is 78.9 Å². The Bertz CT molecular complexity index is 1220. The van der Waals surface area contributed by atoms with Crippen molar-refractivity contribution in [2.75, 3.05) is 13.2 Å². The van der Waals surface area contributed by atoms with Crippen molar-refractivity contribution in [3.8, 4) is 0 Å². The Kier molecular flexibility index (Phi) is 47.5. The quantitative estimate of drug-likeness (QED) is 0.0263. The summed E-state index contributed by atoms with van der Waals surface area (Å²) >= 11 is 0. The monoisotopic (exact) mass is 863 g/mol. The van der Waals surface area contributed by atoms with Gasteiger partial charge in [0.1, 0.15) is 13.2 Å². The highest BCUT2D eigenvalue weighted by Gasteiger charge is 2.19. The van der Waals surface area contributed by atoms with Crippen molar-refractivity contribution in [1.82, 2.24) is 0 Å². The second kappa shape index (κ2) is 50.2. The highest BCUT2D eigenvalue weighted by Crippen LogP contribution is 2.14. The largest absolute Gasteiger partial charge is 0.462 e. The van der Waals surface area contributed by atoms with E-state index in [-0.39, 0.29) is 31.6 Å². The molecular weight excluding hydrogens is 769 g/mol. The molecule has 0 saturated heterocycles. The normalized spacial score (nSPS) is 12.8. The molecule has 0 aromatic rings. The molecule has 0 aliphatic heterocycles. The summed E-state index contributed by atoms with van der Waals surface area (Å²) < 4.78 is 16.7. The van der Waals surface area contributed by atoms with E-state index >= 15 is 0 Å². The van der Waals surface area contributed by atoms with E-state index in [4.69, 9.17) is 14.2 Å². The summed E-state index contributed by atoms with van der Waals surface area (Å²) in [7, 11) is 0. The molecule has 6 heteroatoms. The first-order valence-corrected chi connectivity index (χ1v) is 25.6. The molecule has 354 valence electrons. The fraction of sp³-hybridized carbons (Fsp3) is 0.696. The van der Waals surface area contributed by atoms with Gasteiger partial charge in [0.05, 0.1) is 6.42 Å². The number of hydrogen-bond acceptors (Lipinski definition) is 6. The number of esters is 3. The summed E-state index contributed by atoms with van der Waals surface area (Å²) in [5, 5.41) is 0. The lowest BCUT2D eigenvalue weighted by molar-refractivity contribution is -0.166. The maximum Gasteiger partial charge on any atom is 0.309 e. The molecule has 0 aliphatic rings. The predicted octanol–water partition coefficient (Wildman–Crippen LogP) is 16.8. The van der Waals surface area contributed by atoms with Crippen LogP contribution in [0.1, 0.15) is 233 Å². The van der Waals surface area contributed by atoms with E-state index in [9.17, 15) is 14.4 Å². The van der Waals surface area contributed by atoms with Gasteiger partial charge in [-0.15, -0.1) is 0 Å². The van der Waals surface area contributed by atoms with Crippen molar-refractivity contribution in [3.63, 3.8) is 0 Å². The Morgan fingerprint density at radius 2 is 0.694 bits per heavy atom. The lowest BCUT2D eigenvalue weighted by Crippen LogP contribution is -2.30. The molecule has 1 unspecified atom stereocenters. The van der Waals surface area contributed by atoms with Gasteiger partial charge in [-0.1, -0.05) is 221 Å². The molecule has 0 fully saturated rings. The minimum Gasteiger partial charge on any atom is -0.462 e. The van der Waals surface area contributed by atoms with Crippen LogP contribution in [0.3, 0.4) is 0 Å². The fourth-order valence-corrected chi connectivity index (χ4v) is 6.84. The van der Waals surface area contributed by atoms with Crippen LogP contribution in [0.15, 0.2) is 85.1 Å². The van der Waals surface area contributed by atoms with Crippen LogP contribution in [0, 0.1) is 0 Å². The van der Waals surface area contributed by atoms with Crippen LogP contribution < -0.4 is 0 Å². The van der Waals surface area contributed by atoms with Gasteiger partial charge in [-0.25, -0.2) is 0 Å². The molecule has 0 spiro atoms. The zero-order valence-corrected chi connectivity index (χ0v) is 40.4. The Balaban J connectivity index is 4.53. The van der Waals surface area contributed by atoms with E-state index < -0.39 is 12.1 Å². The van der Waals surface area contributed by atoms with Gasteiger partial charge in [-0.3, -0.25) is 14.4 Å². The van der Waals surface area contributed by atoms with Crippen LogP contribution in [-0.4, -0.2) is 37.2 Å². The number of hydrogen-bond donors (Lipinski definition) is 0. The molecule has 1 atom stereocenters. The van der Waals surface area contributed by atoms with Gasteiger partial charge in [0.25, 0.3) is 0 Å². The summed E-state index contributed by atoms with van der Waals surface area (Å²) in [6.45, 7) is 6.39. The molecule has 0 amide bonds. The Morgan fingerprint density at radius 3 is 1.16 bits per heavy atom. The molecule has 6 nitrogen and oxygen atoms in total. The fourth-order valence-electron chi connectivity index (χ4n) is 6.84. The number of allylic oxidation sites excluding steroid dienone is 13. The van der Waals surface area contributed by atoms with Crippen LogP contribution in [0.2, 0.25) is 0 Å². The molecule has 0 saturated carbocycles. The van der Waals surface area contributed by atoms with E-state index in [0.29, 0.717) is 12.8 Å². The highest BCUT2D eigenvalue weighted by atomic mass is 16.6. The number of rotatable bonds is 45. The summed E-state index contributed by atoms with van der Waals surface area (Å²) in [5.74, 6) is -1.06. The third-order valence-electron chi connectivity index (χ3n) is 10.7. The van der Waals surface area contributed by atoms with E-state index in [1.807, 2.05) is 6.08 Å². The number of ether oxygens (including phenoxy) is 3. The van der Waals surface area contributed by atoms with Gasteiger partial charge in [-0.2, -0.15) is 0 Å². The average molecular weight is 863 g/mol. The van der Waals surface area contributed by atoms with Crippen molar-refractivity contribution in [2.45, 2.75) is 239 Å². The zero-order chi connectivity index (χ0) is 45.1. The van der Waals surface area contributed by atoms with Crippen molar-refractivity contribution in [1.29, 1.82) is 0 Å². The zero-order valence-electron chi connectivity index (χ0n) is 40.4. The predicted molar refractivity (Wildman–Crippen MR) is 265 cm³/mol. The first kappa shape index (κ1) is 58.6. The molecular formula is C56H94O6. The van der Waals surface area contributed by atoms with Crippen molar-refractivity contribution < 1.29 is 28.6 Å². The number of carbonyl (C=O) groups is 3. The number of carbonyl (C=O) groups excluding carboxylic acids is 3. The summed E-state index contributed by atoms with van der Waals surface area (Å²) in [4.78, 5) is 37.9. The minimum atomic E-state index is -0.821. The molecule has 0 aliphatic carbocycles. The van der Waals surface area contributed by atoms with Gasteiger partial charge < -0.3 is 14.2 Å². The van der Waals surface area contributed by atoms with Crippen LogP contribution in [0.5, 0.6) is 0 Å². The van der Waals surface area contributed by atoms with Crippen molar-refractivity contribution in [3.05, 3.63) is 85.1 Å². The molecule has 0 rings (SSSR count). The van der Waals surface area contributed by atoms with E-state index in [1.54, 1.807) is 6.08 Å². The van der Waals surface area contributed by atoms with Crippen LogP contribution in [0.4, 0.5) is 0 Å². The molecule has 0 aromatic carbocycles. The van der Waals surface area contributed by atoms with Gasteiger partial charge >= 0.3 is 17.9 Å². The Hall–Kier alpha value is -3.41. The average Bonchev–Trinajstić information content (AvgIpc) is 3.27. The van der Waals surface area contributed by atoms with Crippen molar-refractivity contribution in [2.24, 2.45) is 0 Å². The molecule has 0 radical (unpaired) electrons. The van der Waals surface area contributed by atoms with Crippen LogP contribution in [-0.2, 0) is 28.6 Å². The molecule has 62 heavy (non-hydrogen) atoms. The van der Waals surface area contributed by atoms with Gasteiger partial charge in [0.15, 0.2) is 6.10 Å². The lowest BCUT2D eigenvalue weighted by Gasteiger charge is -2.18. The first-order valence-electron chi connectivity index (χ1n) is 25.6. The third-order valence-corrected chi connectivity index (χ3v) is 10.7. The van der Waals surface area contributed by atoms with E-state index in [1.165, 1.54) is 96.3 Å². The second-order valence-corrected chi connectivity index (χ2v) is 16.7. The smallest absolute Gasteiger partial charge is 0.309 e. The van der Waals surface area contributed by atoms with Crippen molar-refractivity contribution >= 4 is 17.9 Å². The minimum absolute atomic E-state index is 0.111. The third kappa shape index (κ3) is 47.6. The summed E-state index contributed by atoms with van der Waals surface area (Å²) in [6.07, 6.45) is 64.4. The highest BCUT2D eigenvalue weighted by molar-refractivity contribution is 5.72. The van der Waals surface area contributed by atoms with Crippen LogP contribution >= 0.6 is 0 Å². The number of unbranched alkanes of at least 4 members (excludes halogenated alkanes) is 21. The van der Waals surface area contributed by atoms with Gasteiger partial charge in [0.2, 0.25) is 0 Å². The van der Waals surface area contributed by atoms with Crippen LogP contribution in [0.25, 0.3) is 0 Å². The van der Waals surface area contributed by atoms with E-state index in [2.05, 4.69) is 93.7 Å². The van der Waals surface area contributed by atoms with Gasteiger partial charge in [0, 0.05) is 12.8 Å². The SMILES string of the molecule is CC/C=C\C/C=C\C/C=C\C/C=C\C/C=C\CC(=O)OCC(COC(=O)CCCCCCCCCCCCCCCC)OC(=O)CCCCCCC/C=C\C/C=C\CCCCC.